The first-order valence-electron chi connectivity index (χ1n) is 6.77. The van der Waals surface area contributed by atoms with Crippen LogP contribution in [-0.4, -0.2) is 35.6 Å². The average molecular weight is 262 g/mol. The van der Waals surface area contributed by atoms with Crippen LogP contribution in [0.5, 0.6) is 0 Å². The average Bonchev–Trinajstić information content (AvgIpc) is 2.77. The van der Waals surface area contributed by atoms with Crippen LogP contribution in [0.4, 0.5) is 11.7 Å². The van der Waals surface area contributed by atoms with Crippen LogP contribution in [-0.2, 0) is 0 Å². The molecule has 0 saturated heterocycles. The zero-order valence-electron chi connectivity index (χ0n) is 11.8. The van der Waals surface area contributed by atoms with Gasteiger partial charge in [-0.25, -0.2) is 0 Å². The Morgan fingerprint density at radius 1 is 1.37 bits per heavy atom. The van der Waals surface area contributed by atoms with Crippen LogP contribution in [0.25, 0.3) is 11.1 Å². The molecular formula is C14H22N4O. The Morgan fingerprint density at radius 3 is 2.79 bits per heavy atom. The summed E-state index contributed by atoms with van der Waals surface area (Å²) in [4.78, 5) is 6.76. The Labute approximate surface area is 113 Å². The molecule has 104 valence electrons. The number of benzene rings is 1. The molecule has 0 aliphatic rings. The quantitative estimate of drug-likeness (QED) is 0.783. The number of nitrogens with two attached hydrogens (primary N) is 1. The Kier molecular flexibility index (Phi) is 4.27. The minimum atomic E-state index is 0.283. The summed E-state index contributed by atoms with van der Waals surface area (Å²) in [6.07, 6.45) is 0. The number of nitrogen functional groups attached to an aromatic ring is 1. The summed E-state index contributed by atoms with van der Waals surface area (Å²) in [5.74, 6) is 0. The van der Waals surface area contributed by atoms with Crippen molar-refractivity contribution in [2.75, 3.05) is 30.7 Å². The lowest BCUT2D eigenvalue weighted by Gasteiger charge is -2.22. The van der Waals surface area contributed by atoms with E-state index in [0.29, 0.717) is 11.7 Å². The van der Waals surface area contributed by atoms with Crippen molar-refractivity contribution in [1.29, 1.82) is 0 Å². The number of oxazole rings is 1. The third kappa shape index (κ3) is 3.38. The Balaban J connectivity index is 2.04. The van der Waals surface area contributed by atoms with Gasteiger partial charge in [-0.1, -0.05) is 13.8 Å². The molecule has 0 bridgehead atoms. The Morgan fingerprint density at radius 2 is 2.11 bits per heavy atom. The summed E-state index contributed by atoms with van der Waals surface area (Å²) < 4.78 is 5.65. The van der Waals surface area contributed by atoms with E-state index in [-0.39, 0.29) is 6.04 Å². The van der Waals surface area contributed by atoms with Crippen LogP contribution in [0.15, 0.2) is 22.6 Å². The normalized spacial score (nSPS) is 13.1. The van der Waals surface area contributed by atoms with Gasteiger partial charge in [0.25, 0.3) is 6.01 Å². The zero-order valence-corrected chi connectivity index (χ0v) is 11.8. The largest absolute Gasteiger partial charge is 0.423 e. The summed E-state index contributed by atoms with van der Waals surface area (Å²) in [7, 11) is 0. The van der Waals surface area contributed by atoms with Gasteiger partial charge in [0, 0.05) is 24.3 Å². The molecule has 5 nitrogen and oxygen atoms in total. The highest BCUT2D eigenvalue weighted by atomic mass is 16.4. The minimum Gasteiger partial charge on any atom is -0.423 e. The summed E-state index contributed by atoms with van der Waals surface area (Å²) in [6.45, 7) is 9.52. The number of likely N-dealkylation sites (N-methyl/N-ethyl adjacent to an activating group) is 1. The summed E-state index contributed by atoms with van der Waals surface area (Å²) in [5, 5.41) is 3.29. The molecule has 0 aliphatic carbocycles. The van der Waals surface area contributed by atoms with Crippen molar-refractivity contribution < 1.29 is 4.42 Å². The van der Waals surface area contributed by atoms with Crippen LogP contribution >= 0.6 is 0 Å². The second kappa shape index (κ2) is 5.93. The number of nitrogens with one attached hydrogen (secondary N) is 1. The number of fused-ring (bicyclic) bond motifs is 1. The maximum absolute atomic E-state index is 5.72. The monoisotopic (exact) mass is 262 g/mol. The van der Waals surface area contributed by atoms with Crippen molar-refractivity contribution in [2.24, 2.45) is 0 Å². The summed E-state index contributed by atoms with van der Waals surface area (Å²) in [6, 6.07) is 6.33. The van der Waals surface area contributed by atoms with E-state index in [1.165, 1.54) is 0 Å². The van der Waals surface area contributed by atoms with Crippen molar-refractivity contribution in [2.45, 2.75) is 26.8 Å². The van der Waals surface area contributed by atoms with E-state index in [2.05, 4.69) is 36.0 Å². The van der Waals surface area contributed by atoms with Gasteiger partial charge < -0.3 is 20.4 Å². The molecular weight excluding hydrogens is 240 g/mol. The number of rotatable bonds is 6. The smallest absolute Gasteiger partial charge is 0.295 e. The van der Waals surface area contributed by atoms with Crippen molar-refractivity contribution >= 4 is 22.8 Å². The molecule has 19 heavy (non-hydrogen) atoms. The molecule has 1 aromatic carbocycles. The van der Waals surface area contributed by atoms with E-state index in [0.717, 1.165) is 30.7 Å². The predicted octanol–water partition coefficient (Wildman–Crippen LogP) is 2.55. The van der Waals surface area contributed by atoms with Gasteiger partial charge in [0.1, 0.15) is 5.52 Å². The number of nitrogens with zero attached hydrogens (tertiary/aromatic N) is 2. The fourth-order valence-electron chi connectivity index (χ4n) is 2.13. The Hall–Kier alpha value is -1.75. The molecule has 1 unspecified atom stereocenters. The van der Waals surface area contributed by atoms with Gasteiger partial charge in [-0.15, -0.1) is 0 Å². The van der Waals surface area contributed by atoms with Crippen LogP contribution < -0.4 is 11.1 Å². The lowest BCUT2D eigenvalue weighted by molar-refractivity contribution is 0.293. The van der Waals surface area contributed by atoms with Gasteiger partial charge in [0.15, 0.2) is 5.58 Å². The lowest BCUT2D eigenvalue weighted by atomic mass is 10.3. The minimum absolute atomic E-state index is 0.283. The molecule has 0 radical (unpaired) electrons. The van der Waals surface area contributed by atoms with Crippen molar-refractivity contribution in [3.63, 3.8) is 0 Å². The van der Waals surface area contributed by atoms with Gasteiger partial charge in [0.05, 0.1) is 0 Å². The van der Waals surface area contributed by atoms with E-state index in [1.54, 1.807) is 6.07 Å². The number of hydrogen-bond acceptors (Lipinski definition) is 5. The van der Waals surface area contributed by atoms with Crippen LogP contribution in [0.3, 0.4) is 0 Å². The van der Waals surface area contributed by atoms with Gasteiger partial charge in [-0.05, 0) is 32.1 Å². The van der Waals surface area contributed by atoms with E-state index in [9.17, 15) is 0 Å². The molecule has 0 aliphatic heterocycles. The number of hydrogen-bond donors (Lipinski definition) is 2. The fourth-order valence-corrected chi connectivity index (χ4v) is 2.13. The third-order valence-electron chi connectivity index (χ3n) is 3.21. The first kappa shape index (κ1) is 13.7. The molecule has 1 heterocycles. The van der Waals surface area contributed by atoms with Crippen LogP contribution in [0.2, 0.25) is 0 Å². The van der Waals surface area contributed by atoms with E-state index in [1.807, 2.05) is 12.1 Å². The topological polar surface area (TPSA) is 67.3 Å². The van der Waals surface area contributed by atoms with Gasteiger partial charge in [-0.3, -0.25) is 0 Å². The zero-order chi connectivity index (χ0) is 13.8. The molecule has 2 rings (SSSR count). The molecule has 0 fully saturated rings. The maximum Gasteiger partial charge on any atom is 0.295 e. The first-order valence-corrected chi connectivity index (χ1v) is 6.77. The molecule has 0 spiro atoms. The van der Waals surface area contributed by atoms with Crippen molar-refractivity contribution in [3.05, 3.63) is 18.2 Å². The predicted molar refractivity (Wildman–Crippen MR) is 79.3 cm³/mol. The molecule has 5 heteroatoms. The highest BCUT2D eigenvalue weighted by Gasteiger charge is 2.11. The van der Waals surface area contributed by atoms with Gasteiger partial charge >= 0.3 is 0 Å². The number of aromatic nitrogens is 1. The molecule has 3 N–H and O–H groups in total. The molecule has 1 aromatic heterocycles. The standard InChI is InChI=1S/C14H22N4O/c1-4-18(5-2)9-10(3)16-14-17-12-7-6-11(15)8-13(12)19-14/h6-8,10H,4-5,9,15H2,1-3H3,(H,16,17). The van der Waals surface area contributed by atoms with E-state index < -0.39 is 0 Å². The molecule has 1 atom stereocenters. The third-order valence-corrected chi connectivity index (χ3v) is 3.21. The molecule has 0 saturated carbocycles. The second-order valence-electron chi connectivity index (χ2n) is 4.78. The van der Waals surface area contributed by atoms with Crippen LogP contribution in [0.1, 0.15) is 20.8 Å². The molecule has 0 amide bonds. The van der Waals surface area contributed by atoms with Gasteiger partial charge in [-0.2, -0.15) is 4.98 Å². The summed E-state index contributed by atoms with van der Waals surface area (Å²) in [5.41, 5.74) is 7.95. The van der Waals surface area contributed by atoms with Crippen LogP contribution in [0, 0.1) is 0 Å². The van der Waals surface area contributed by atoms with Gasteiger partial charge in [0.2, 0.25) is 0 Å². The summed E-state index contributed by atoms with van der Waals surface area (Å²) >= 11 is 0. The SMILES string of the molecule is CCN(CC)CC(C)Nc1nc2ccc(N)cc2o1. The second-order valence-corrected chi connectivity index (χ2v) is 4.78. The van der Waals surface area contributed by atoms with E-state index >= 15 is 0 Å². The fraction of sp³-hybridized carbons (Fsp3) is 0.500. The Bertz CT molecular complexity index is 533. The first-order chi connectivity index (χ1) is 9.12. The van der Waals surface area contributed by atoms with E-state index in [4.69, 9.17) is 10.2 Å². The number of anilines is 2. The maximum atomic E-state index is 5.72. The van der Waals surface area contributed by atoms with Crippen molar-refractivity contribution in [1.82, 2.24) is 9.88 Å². The van der Waals surface area contributed by atoms with Crippen molar-refractivity contribution in [3.8, 4) is 0 Å². The highest BCUT2D eigenvalue weighted by Crippen LogP contribution is 2.21. The lowest BCUT2D eigenvalue weighted by Crippen LogP contribution is -2.34. The molecule has 2 aromatic rings. The highest BCUT2D eigenvalue weighted by molar-refractivity contribution is 5.78.